The molecular formula is C34H49ClN2O5S. The van der Waals surface area contributed by atoms with Crippen molar-refractivity contribution in [3.05, 3.63) is 41.3 Å². The van der Waals surface area contributed by atoms with E-state index in [1.807, 2.05) is 69.0 Å². The summed E-state index contributed by atoms with van der Waals surface area (Å²) in [6, 6.07) is 12.0. The van der Waals surface area contributed by atoms with E-state index in [2.05, 4.69) is 14.0 Å². The number of nitrogens with zero attached hydrogens (tertiary/aromatic N) is 1. The molecule has 2 aliphatic rings. The molecule has 2 heterocycles. The largest absolute Gasteiger partial charge is 1.00 e. The number of hydrogen-bond donors (Lipinski definition) is 1. The average molecular weight is 633 g/mol. The van der Waals surface area contributed by atoms with E-state index in [0.29, 0.717) is 16.5 Å². The molecule has 0 bridgehead atoms. The number of piperidine rings is 1. The van der Waals surface area contributed by atoms with E-state index in [0.717, 1.165) is 62.1 Å². The lowest BCUT2D eigenvalue weighted by atomic mass is 9.82. The molecule has 1 N–H and O–H groups in total. The van der Waals surface area contributed by atoms with Crippen LogP contribution in [-0.2, 0) is 19.1 Å². The van der Waals surface area contributed by atoms with Gasteiger partial charge in [0, 0.05) is 42.0 Å². The van der Waals surface area contributed by atoms with Crippen molar-refractivity contribution in [3.63, 3.8) is 0 Å². The average Bonchev–Trinajstić information content (AvgIpc) is 3.39. The lowest BCUT2D eigenvalue weighted by Crippen LogP contribution is -3.10. The number of esters is 2. The van der Waals surface area contributed by atoms with Crippen molar-refractivity contribution >= 4 is 34.9 Å². The van der Waals surface area contributed by atoms with Crippen molar-refractivity contribution in [1.82, 2.24) is 0 Å². The van der Waals surface area contributed by atoms with Crippen molar-refractivity contribution in [1.29, 1.82) is 0 Å². The first-order valence-electron chi connectivity index (χ1n) is 15.8. The summed E-state index contributed by atoms with van der Waals surface area (Å²) in [7, 11) is 2.19. The Bertz CT molecular complexity index is 1200. The van der Waals surface area contributed by atoms with Crippen LogP contribution in [0.2, 0.25) is 0 Å². The van der Waals surface area contributed by atoms with Gasteiger partial charge in [-0.15, -0.1) is 11.3 Å². The van der Waals surface area contributed by atoms with Crippen molar-refractivity contribution < 1.29 is 41.2 Å². The molecule has 7 nitrogen and oxygen atoms in total. The van der Waals surface area contributed by atoms with Crippen LogP contribution in [0.3, 0.4) is 0 Å². The number of quaternary nitrogens is 1. The van der Waals surface area contributed by atoms with Gasteiger partial charge in [0.15, 0.2) is 0 Å². The van der Waals surface area contributed by atoms with Crippen LogP contribution < -0.4 is 22.2 Å². The van der Waals surface area contributed by atoms with E-state index in [4.69, 9.17) is 9.47 Å². The molecule has 1 amide bonds. The number of carbonyl (C=O) groups excluding carboxylic acids is 3. The normalized spacial score (nSPS) is 22.9. The molecular weight excluding hydrogens is 584 g/mol. The number of benzene rings is 1. The summed E-state index contributed by atoms with van der Waals surface area (Å²) in [6.45, 7) is 11.8. The number of ether oxygens (including phenoxy) is 2. The highest BCUT2D eigenvalue weighted by atomic mass is 35.5. The lowest BCUT2D eigenvalue weighted by molar-refractivity contribution is -0.884. The molecule has 1 aliphatic carbocycles. The number of nitrogens with one attached hydrogen (secondary N) is 1. The van der Waals surface area contributed by atoms with E-state index in [1.54, 1.807) is 0 Å². The topological polar surface area (TPSA) is 77.3 Å². The zero-order valence-corrected chi connectivity index (χ0v) is 28.1. The quantitative estimate of drug-likeness (QED) is 0.322. The Balaban J connectivity index is 0.00000506. The molecule has 2 aromatic rings. The summed E-state index contributed by atoms with van der Waals surface area (Å²) in [5, 5.41) is 0. The molecule has 2 fully saturated rings. The predicted octanol–water partition coefficient (Wildman–Crippen LogP) is 2.98. The van der Waals surface area contributed by atoms with Gasteiger partial charge in [-0.25, -0.2) is 4.79 Å². The van der Waals surface area contributed by atoms with E-state index >= 15 is 0 Å². The molecule has 1 aromatic heterocycles. The second-order valence-electron chi connectivity index (χ2n) is 13.1. The molecule has 9 heteroatoms. The summed E-state index contributed by atoms with van der Waals surface area (Å²) in [5.74, 6) is -0.304. The summed E-state index contributed by atoms with van der Waals surface area (Å²) in [6.07, 6.45) is 4.87. The van der Waals surface area contributed by atoms with Gasteiger partial charge in [-0.1, -0.05) is 65.0 Å². The van der Waals surface area contributed by atoms with Crippen LogP contribution in [0, 0.1) is 23.7 Å². The van der Waals surface area contributed by atoms with E-state index in [1.165, 1.54) is 16.2 Å². The van der Waals surface area contributed by atoms with E-state index in [9.17, 15) is 14.4 Å². The Labute approximate surface area is 267 Å². The number of anilines is 1. The van der Waals surface area contributed by atoms with Crippen molar-refractivity contribution in [3.8, 4) is 10.4 Å². The zero-order chi connectivity index (χ0) is 30.4. The van der Waals surface area contributed by atoms with Crippen molar-refractivity contribution in [2.24, 2.45) is 23.7 Å². The SMILES string of the molecule is CC(C)CC(=O)OC(OC(=O)c1sc(-c2ccccc2)cc1N(C(=O)C1CCC(C)CC1)C1CC[NH+](C)CC1)C(C)C.[Cl-]. The minimum absolute atomic E-state index is 0. The first-order chi connectivity index (χ1) is 20.0. The Morgan fingerprint density at radius 1 is 0.953 bits per heavy atom. The fourth-order valence-electron chi connectivity index (χ4n) is 5.97. The molecule has 1 atom stereocenters. The molecule has 1 aliphatic heterocycles. The maximum absolute atomic E-state index is 14.4. The van der Waals surface area contributed by atoms with Crippen LogP contribution in [0.5, 0.6) is 0 Å². The third-order valence-electron chi connectivity index (χ3n) is 8.58. The van der Waals surface area contributed by atoms with Gasteiger partial charge < -0.3 is 31.7 Å². The second kappa shape index (κ2) is 16.1. The maximum Gasteiger partial charge on any atom is 0.353 e. The second-order valence-corrected chi connectivity index (χ2v) is 14.2. The minimum atomic E-state index is -1.00. The number of rotatable bonds is 10. The molecule has 1 unspecified atom stereocenters. The van der Waals surface area contributed by atoms with Crippen LogP contribution in [0.15, 0.2) is 36.4 Å². The Hall–Kier alpha value is -2.42. The Kier molecular flexibility index (Phi) is 13.1. The molecule has 1 saturated heterocycles. The van der Waals surface area contributed by atoms with Gasteiger partial charge in [0.1, 0.15) is 4.88 Å². The number of halogens is 1. The number of thiophene rings is 1. The summed E-state index contributed by atoms with van der Waals surface area (Å²) in [4.78, 5) is 45.6. The first kappa shape index (κ1) is 35.1. The number of hydrogen-bond acceptors (Lipinski definition) is 6. The standard InChI is InChI=1S/C34H48N2O5S.ClH/c1-22(2)20-30(37)40-34(23(3)4)41-33(39)31-28(21-29(42-31)25-10-8-7-9-11-25)36(27-16-18-35(6)19-17-27)32(38)26-14-12-24(5)13-15-26;/h7-11,21-24,26-27,34H,12-20H2,1-6H3;1H. The van der Waals surface area contributed by atoms with Crippen LogP contribution in [0.1, 0.15) is 89.2 Å². The van der Waals surface area contributed by atoms with Crippen LogP contribution in [-0.4, -0.2) is 50.3 Å². The maximum atomic E-state index is 14.4. The van der Waals surface area contributed by atoms with E-state index in [-0.39, 0.29) is 54.5 Å². The van der Waals surface area contributed by atoms with Crippen LogP contribution in [0.25, 0.3) is 10.4 Å². The summed E-state index contributed by atoms with van der Waals surface area (Å²) < 4.78 is 11.5. The highest BCUT2D eigenvalue weighted by Gasteiger charge is 2.38. The molecule has 43 heavy (non-hydrogen) atoms. The third kappa shape index (κ3) is 9.29. The van der Waals surface area contributed by atoms with Gasteiger partial charge in [0.2, 0.25) is 12.2 Å². The molecule has 1 aromatic carbocycles. The first-order valence-corrected chi connectivity index (χ1v) is 16.6. The van der Waals surface area contributed by atoms with E-state index < -0.39 is 12.3 Å². The van der Waals surface area contributed by atoms with Gasteiger partial charge in [0.25, 0.3) is 0 Å². The lowest BCUT2D eigenvalue weighted by Gasteiger charge is -2.38. The monoisotopic (exact) mass is 632 g/mol. The summed E-state index contributed by atoms with van der Waals surface area (Å²) >= 11 is 1.35. The fraction of sp³-hybridized carbons (Fsp3) is 0.618. The number of carbonyl (C=O) groups is 3. The zero-order valence-electron chi connectivity index (χ0n) is 26.6. The number of amides is 1. The fourth-order valence-corrected chi connectivity index (χ4v) is 7.01. The third-order valence-corrected chi connectivity index (χ3v) is 9.74. The highest BCUT2D eigenvalue weighted by Crippen LogP contribution is 2.41. The van der Waals surface area contributed by atoms with Gasteiger partial charge >= 0.3 is 11.9 Å². The molecule has 238 valence electrons. The Morgan fingerprint density at radius 3 is 2.16 bits per heavy atom. The van der Waals surface area contributed by atoms with Crippen LogP contribution >= 0.6 is 11.3 Å². The van der Waals surface area contributed by atoms with Gasteiger partial charge in [-0.2, -0.15) is 0 Å². The molecule has 1 saturated carbocycles. The molecule has 0 radical (unpaired) electrons. The highest BCUT2D eigenvalue weighted by molar-refractivity contribution is 7.18. The molecule has 4 rings (SSSR count). The smallest absolute Gasteiger partial charge is 0.353 e. The minimum Gasteiger partial charge on any atom is -1.00 e. The number of likely N-dealkylation sites (tertiary alicyclic amines) is 1. The van der Waals surface area contributed by atoms with Gasteiger partial charge in [0.05, 0.1) is 25.8 Å². The van der Waals surface area contributed by atoms with Gasteiger partial charge in [-0.3, -0.25) is 9.59 Å². The van der Waals surface area contributed by atoms with Crippen molar-refractivity contribution in [2.75, 3.05) is 25.0 Å². The van der Waals surface area contributed by atoms with Crippen LogP contribution in [0.4, 0.5) is 5.69 Å². The van der Waals surface area contributed by atoms with Gasteiger partial charge in [-0.05, 0) is 49.1 Å². The summed E-state index contributed by atoms with van der Waals surface area (Å²) in [5.41, 5.74) is 1.62. The molecule has 0 spiro atoms. The Morgan fingerprint density at radius 2 is 1.58 bits per heavy atom. The predicted molar refractivity (Wildman–Crippen MR) is 168 cm³/mol. The van der Waals surface area contributed by atoms with Crippen molar-refractivity contribution in [2.45, 2.75) is 91.9 Å².